The number of anilines is 1. The molecule has 0 aliphatic carbocycles. The fraction of sp³-hybridized carbons (Fsp3) is 0.476. The molecule has 0 fully saturated rings. The van der Waals surface area contributed by atoms with Gasteiger partial charge in [0.05, 0.1) is 12.2 Å². The summed E-state index contributed by atoms with van der Waals surface area (Å²) in [5.41, 5.74) is 2.12. The summed E-state index contributed by atoms with van der Waals surface area (Å²) in [5, 5.41) is 8.06. The van der Waals surface area contributed by atoms with Crippen LogP contribution < -0.4 is 5.32 Å². The Bertz CT molecular complexity index is 846. The van der Waals surface area contributed by atoms with Crippen LogP contribution in [0, 0.1) is 0 Å². The summed E-state index contributed by atoms with van der Waals surface area (Å²) < 4.78 is 7.30. The van der Waals surface area contributed by atoms with Crippen LogP contribution in [0.4, 0.5) is 5.95 Å². The van der Waals surface area contributed by atoms with E-state index in [1.807, 2.05) is 31.2 Å². The molecule has 0 amide bonds. The van der Waals surface area contributed by atoms with Gasteiger partial charge in [-0.1, -0.05) is 62.8 Å². The van der Waals surface area contributed by atoms with Gasteiger partial charge in [-0.3, -0.25) is 0 Å². The molecule has 28 heavy (non-hydrogen) atoms. The van der Waals surface area contributed by atoms with E-state index < -0.39 is 6.04 Å². The number of rotatable bonds is 9. The molecule has 0 spiro atoms. The van der Waals surface area contributed by atoms with Crippen molar-refractivity contribution in [2.75, 3.05) is 11.9 Å². The number of nitrogens with one attached hydrogen (secondary N) is 1. The van der Waals surface area contributed by atoms with Crippen molar-refractivity contribution >= 4 is 23.5 Å². The lowest BCUT2D eigenvalue weighted by molar-refractivity contribution is -0.139. The van der Waals surface area contributed by atoms with Gasteiger partial charge < -0.3 is 10.1 Å². The zero-order valence-electron chi connectivity index (χ0n) is 16.4. The summed E-state index contributed by atoms with van der Waals surface area (Å²) in [5.74, 6) is 0.264. The molecule has 2 heterocycles. The number of benzene rings is 1. The van der Waals surface area contributed by atoms with Gasteiger partial charge in [-0.05, 0) is 31.0 Å². The molecule has 1 atom stereocenters. The lowest BCUT2D eigenvalue weighted by Gasteiger charge is -2.28. The van der Waals surface area contributed by atoms with Crippen molar-refractivity contribution < 1.29 is 9.53 Å². The van der Waals surface area contributed by atoms with Crippen LogP contribution in [0.5, 0.6) is 0 Å². The number of carbonyl (C=O) groups is 1. The van der Waals surface area contributed by atoms with E-state index >= 15 is 0 Å². The van der Waals surface area contributed by atoms with E-state index in [4.69, 9.17) is 16.3 Å². The number of aromatic nitrogens is 3. The van der Waals surface area contributed by atoms with Gasteiger partial charge in [-0.2, -0.15) is 10.1 Å². The topological polar surface area (TPSA) is 69.0 Å². The molecule has 2 aromatic rings. The number of nitrogens with zero attached hydrogens (tertiary/aromatic N) is 3. The molecule has 6 nitrogen and oxygen atoms in total. The van der Waals surface area contributed by atoms with E-state index in [1.54, 1.807) is 4.68 Å². The number of fused-ring (bicyclic) bond motifs is 1. The monoisotopic (exact) mass is 402 g/mol. The maximum Gasteiger partial charge on any atom is 0.338 e. The van der Waals surface area contributed by atoms with E-state index in [-0.39, 0.29) is 5.97 Å². The predicted molar refractivity (Wildman–Crippen MR) is 110 cm³/mol. The highest BCUT2D eigenvalue weighted by molar-refractivity contribution is 6.30. The molecule has 0 saturated heterocycles. The average Bonchev–Trinajstić information content (AvgIpc) is 3.14. The zero-order valence-corrected chi connectivity index (χ0v) is 17.2. The van der Waals surface area contributed by atoms with E-state index in [0.29, 0.717) is 23.2 Å². The molecule has 0 saturated carbocycles. The second-order valence-corrected chi connectivity index (χ2v) is 7.49. The zero-order chi connectivity index (χ0) is 19.9. The van der Waals surface area contributed by atoms with Crippen LogP contribution in [0.2, 0.25) is 5.02 Å². The molecule has 0 bridgehead atoms. The van der Waals surface area contributed by atoms with Crippen molar-refractivity contribution in [1.82, 2.24) is 14.8 Å². The number of carbonyl (C=O) groups excluding carboxylic acids is 1. The van der Waals surface area contributed by atoms with Crippen molar-refractivity contribution in [3.05, 3.63) is 52.4 Å². The van der Waals surface area contributed by atoms with Gasteiger partial charge in [0, 0.05) is 10.7 Å². The molecule has 1 aliphatic heterocycles. The molecule has 1 aromatic heterocycles. The first-order chi connectivity index (χ1) is 13.6. The Kier molecular flexibility index (Phi) is 7.09. The van der Waals surface area contributed by atoms with Crippen molar-refractivity contribution in [2.45, 2.75) is 58.4 Å². The minimum Gasteiger partial charge on any atom is -0.462 e. The van der Waals surface area contributed by atoms with Gasteiger partial charge in [0.2, 0.25) is 5.95 Å². The molecule has 1 aromatic carbocycles. The molecular formula is C21H27ClN4O2. The SMILES string of the molecule is CCCCCCCCOC(=O)C1=C(C)Nc2ncnn2[C@@H]1c1cccc(Cl)c1. The van der Waals surface area contributed by atoms with E-state index in [1.165, 1.54) is 32.0 Å². The second kappa shape index (κ2) is 9.73. The fourth-order valence-corrected chi connectivity index (χ4v) is 3.66. The van der Waals surface area contributed by atoms with Gasteiger partial charge in [-0.25, -0.2) is 9.48 Å². The first-order valence-corrected chi connectivity index (χ1v) is 10.3. The first kappa shape index (κ1) is 20.4. The summed E-state index contributed by atoms with van der Waals surface area (Å²) in [6.07, 6.45) is 8.34. The largest absolute Gasteiger partial charge is 0.462 e. The highest BCUT2D eigenvalue weighted by atomic mass is 35.5. The predicted octanol–water partition coefficient (Wildman–Crippen LogP) is 5.12. The van der Waals surface area contributed by atoms with Crippen molar-refractivity contribution in [3.8, 4) is 0 Å². The van der Waals surface area contributed by atoms with Crippen LogP contribution in [0.25, 0.3) is 0 Å². The molecule has 7 heteroatoms. The summed E-state index contributed by atoms with van der Waals surface area (Å²) >= 11 is 6.19. The number of ether oxygens (including phenoxy) is 1. The lowest BCUT2D eigenvalue weighted by Crippen LogP contribution is -2.29. The number of allylic oxidation sites excluding steroid dienone is 1. The van der Waals surface area contributed by atoms with Crippen molar-refractivity contribution in [3.63, 3.8) is 0 Å². The summed E-state index contributed by atoms with van der Waals surface area (Å²) in [7, 11) is 0. The Hall–Kier alpha value is -2.34. The molecule has 0 unspecified atom stereocenters. The second-order valence-electron chi connectivity index (χ2n) is 7.05. The fourth-order valence-electron chi connectivity index (χ4n) is 3.47. The Labute approximate surface area is 170 Å². The molecule has 150 valence electrons. The lowest BCUT2D eigenvalue weighted by atomic mass is 9.96. The maximum absolute atomic E-state index is 12.9. The van der Waals surface area contributed by atoms with Crippen LogP contribution >= 0.6 is 11.6 Å². The smallest absolute Gasteiger partial charge is 0.338 e. The molecule has 1 N–H and O–H groups in total. The van der Waals surface area contributed by atoms with Gasteiger partial charge in [0.15, 0.2) is 0 Å². The number of halogens is 1. The number of hydrogen-bond donors (Lipinski definition) is 1. The van der Waals surface area contributed by atoms with E-state index in [0.717, 1.165) is 24.1 Å². The molecule has 0 radical (unpaired) electrons. The number of unbranched alkanes of at least 4 members (excludes halogenated alkanes) is 5. The van der Waals surface area contributed by atoms with E-state index in [9.17, 15) is 4.79 Å². The number of hydrogen-bond acceptors (Lipinski definition) is 5. The highest BCUT2D eigenvalue weighted by Crippen LogP contribution is 2.35. The van der Waals surface area contributed by atoms with Gasteiger partial charge in [0.1, 0.15) is 12.4 Å². The van der Waals surface area contributed by atoms with Crippen LogP contribution in [-0.2, 0) is 9.53 Å². The molecule has 1 aliphatic rings. The van der Waals surface area contributed by atoms with Gasteiger partial charge in [0.25, 0.3) is 0 Å². The van der Waals surface area contributed by atoms with Gasteiger partial charge in [-0.15, -0.1) is 0 Å². The third-order valence-corrected chi connectivity index (χ3v) is 5.14. The van der Waals surface area contributed by atoms with Crippen molar-refractivity contribution in [2.24, 2.45) is 0 Å². The quantitative estimate of drug-likeness (QED) is 0.465. The Morgan fingerprint density at radius 3 is 2.82 bits per heavy atom. The Morgan fingerprint density at radius 2 is 2.04 bits per heavy atom. The van der Waals surface area contributed by atoms with Crippen LogP contribution in [-0.4, -0.2) is 27.3 Å². The number of esters is 1. The third-order valence-electron chi connectivity index (χ3n) is 4.91. The first-order valence-electron chi connectivity index (χ1n) is 9.91. The van der Waals surface area contributed by atoms with Crippen molar-refractivity contribution in [1.29, 1.82) is 0 Å². The molecular weight excluding hydrogens is 376 g/mol. The van der Waals surface area contributed by atoms with Crippen LogP contribution in [0.15, 0.2) is 41.9 Å². The Morgan fingerprint density at radius 1 is 1.25 bits per heavy atom. The Balaban J connectivity index is 1.73. The third kappa shape index (κ3) is 4.73. The van der Waals surface area contributed by atoms with Gasteiger partial charge >= 0.3 is 5.97 Å². The summed E-state index contributed by atoms with van der Waals surface area (Å²) in [6.45, 7) is 4.48. The van der Waals surface area contributed by atoms with E-state index in [2.05, 4.69) is 22.3 Å². The maximum atomic E-state index is 12.9. The minimum absolute atomic E-state index is 0.329. The minimum atomic E-state index is -0.422. The summed E-state index contributed by atoms with van der Waals surface area (Å²) in [4.78, 5) is 17.2. The van der Waals surface area contributed by atoms with Crippen LogP contribution in [0.3, 0.4) is 0 Å². The van der Waals surface area contributed by atoms with Crippen LogP contribution in [0.1, 0.15) is 64.0 Å². The standard InChI is InChI=1S/C21H27ClN4O2/c1-3-4-5-6-7-8-12-28-20(27)18-15(2)25-21-23-14-24-26(21)19(18)16-10-9-11-17(22)13-16/h9-11,13-14,19H,3-8,12H2,1-2H3,(H,23,24,25)/t19-/m1/s1. The molecule has 3 rings (SSSR count). The highest BCUT2D eigenvalue weighted by Gasteiger charge is 2.34. The normalized spacial score (nSPS) is 15.9. The summed E-state index contributed by atoms with van der Waals surface area (Å²) in [6, 6.07) is 7.03. The average molecular weight is 403 g/mol.